The highest BCUT2D eigenvalue weighted by molar-refractivity contribution is 5.96. The quantitative estimate of drug-likeness (QED) is 0.250. The number of nitrogens with one attached hydrogen (secondary N) is 2. The Bertz CT molecular complexity index is 1520. The Kier molecular flexibility index (Phi) is 8.84. The van der Waals surface area contributed by atoms with E-state index < -0.39 is 24.0 Å². The van der Waals surface area contributed by atoms with E-state index in [2.05, 4.69) is 44.9 Å². The predicted octanol–water partition coefficient (Wildman–Crippen LogP) is 3.83. The number of rotatable bonds is 11. The highest BCUT2D eigenvalue weighted by Gasteiger charge is 2.29. The molecule has 2 amide bonds. The summed E-state index contributed by atoms with van der Waals surface area (Å²) in [6.45, 7) is 0.833. The van der Waals surface area contributed by atoms with Crippen molar-refractivity contribution in [3.8, 4) is 11.1 Å². The molecule has 0 bridgehead atoms. The van der Waals surface area contributed by atoms with Crippen LogP contribution in [0.5, 0.6) is 0 Å². The minimum absolute atomic E-state index is 0.000600. The third-order valence-corrected chi connectivity index (χ3v) is 7.10. The number of ether oxygens (including phenoxy) is 1. The first-order valence-corrected chi connectivity index (χ1v) is 13.5. The van der Waals surface area contributed by atoms with Gasteiger partial charge in [-0.25, -0.2) is 19.6 Å². The highest BCUT2D eigenvalue weighted by Crippen LogP contribution is 2.44. The van der Waals surface area contributed by atoms with E-state index >= 15 is 0 Å². The number of benzene rings is 3. The zero-order valence-corrected chi connectivity index (χ0v) is 23.1. The lowest BCUT2D eigenvalue weighted by Gasteiger charge is -2.22. The molecule has 3 N–H and O–H groups in total. The average Bonchev–Trinajstić information content (AvgIpc) is 3.33. The molecule has 214 valence electrons. The van der Waals surface area contributed by atoms with Crippen LogP contribution >= 0.6 is 0 Å². The van der Waals surface area contributed by atoms with Crippen LogP contribution in [0.3, 0.4) is 0 Å². The van der Waals surface area contributed by atoms with E-state index in [-0.39, 0.29) is 37.0 Å². The van der Waals surface area contributed by atoms with Crippen molar-refractivity contribution < 1.29 is 24.2 Å². The van der Waals surface area contributed by atoms with E-state index in [4.69, 9.17) is 4.74 Å². The van der Waals surface area contributed by atoms with E-state index in [0.717, 1.165) is 27.8 Å². The van der Waals surface area contributed by atoms with Crippen LogP contribution in [0.15, 0.2) is 91.3 Å². The number of carbonyl (C=O) groups excluding carboxylic acids is 2. The number of hydrogen-bond acceptors (Lipinski definition) is 7. The Hall–Kier alpha value is -5.09. The zero-order valence-electron chi connectivity index (χ0n) is 23.1. The van der Waals surface area contributed by atoms with Crippen LogP contribution in [-0.4, -0.2) is 64.2 Å². The largest absolute Gasteiger partial charge is 0.480 e. The number of hydrogen-bond donors (Lipinski definition) is 3. The van der Waals surface area contributed by atoms with Gasteiger partial charge in [-0.1, -0.05) is 78.9 Å². The summed E-state index contributed by atoms with van der Waals surface area (Å²) in [5, 5.41) is 14.8. The standard InChI is InChI=1S/C32H31N5O5/c1-37(18-21-9-3-2-4-10-21)19-28(31(39)40)36-30(38)22-15-33-29(34-16-22)17-35-32(41)42-20-27-25-13-7-5-11-23(25)24-12-6-8-14-26(24)27/h2-16,27-28H,17-20H2,1H3,(H,35,41)(H,36,38)(H,39,40). The summed E-state index contributed by atoms with van der Waals surface area (Å²) in [7, 11) is 1.79. The first kappa shape index (κ1) is 28.4. The number of likely N-dealkylation sites (N-methyl/N-ethyl adjacent to an activating group) is 1. The van der Waals surface area contributed by atoms with Crippen molar-refractivity contribution in [2.45, 2.75) is 25.0 Å². The lowest BCUT2D eigenvalue weighted by Crippen LogP contribution is -2.47. The molecular formula is C32H31N5O5. The molecule has 0 saturated heterocycles. The summed E-state index contributed by atoms with van der Waals surface area (Å²) in [4.78, 5) is 47.0. The highest BCUT2D eigenvalue weighted by atomic mass is 16.5. The lowest BCUT2D eigenvalue weighted by molar-refractivity contribution is -0.139. The monoisotopic (exact) mass is 565 g/mol. The van der Waals surface area contributed by atoms with Crippen LogP contribution in [0.2, 0.25) is 0 Å². The van der Waals surface area contributed by atoms with Gasteiger partial charge in [0.25, 0.3) is 5.91 Å². The molecule has 4 aromatic rings. The van der Waals surface area contributed by atoms with Gasteiger partial charge in [0.15, 0.2) is 0 Å². The van der Waals surface area contributed by atoms with E-state index in [1.165, 1.54) is 12.4 Å². The molecule has 1 atom stereocenters. The number of alkyl carbamates (subject to hydrolysis) is 1. The van der Waals surface area contributed by atoms with Crippen LogP contribution < -0.4 is 10.6 Å². The predicted molar refractivity (Wildman–Crippen MR) is 156 cm³/mol. The Morgan fingerprint density at radius 3 is 2.12 bits per heavy atom. The molecule has 1 aromatic heterocycles. The second kappa shape index (κ2) is 13.0. The molecule has 0 radical (unpaired) electrons. The van der Waals surface area contributed by atoms with Gasteiger partial charge in [-0.3, -0.25) is 9.69 Å². The zero-order chi connectivity index (χ0) is 29.5. The van der Waals surface area contributed by atoms with Crippen molar-refractivity contribution >= 4 is 18.0 Å². The fraction of sp³-hybridized carbons (Fsp3) is 0.219. The van der Waals surface area contributed by atoms with Gasteiger partial charge in [0.2, 0.25) is 0 Å². The van der Waals surface area contributed by atoms with Crippen LogP contribution in [0.1, 0.15) is 38.8 Å². The van der Waals surface area contributed by atoms with Gasteiger partial charge in [-0.15, -0.1) is 0 Å². The Morgan fingerprint density at radius 1 is 0.905 bits per heavy atom. The molecule has 1 aliphatic rings. The minimum atomic E-state index is -1.15. The molecule has 5 rings (SSSR count). The molecule has 1 heterocycles. The second-order valence-electron chi connectivity index (χ2n) is 10.1. The summed E-state index contributed by atoms with van der Waals surface area (Å²) in [5.74, 6) is -1.53. The number of nitrogens with zero attached hydrogens (tertiary/aromatic N) is 3. The third kappa shape index (κ3) is 6.79. The Labute approximate surface area is 243 Å². The minimum Gasteiger partial charge on any atom is -0.480 e. The van der Waals surface area contributed by atoms with E-state index in [1.807, 2.05) is 59.5 Å². The molecule has 0 saturated carbocycles. The van der Waals surface area contributed by atoms with Gasteiger partial charge in [0.1, 0.15) is 18.5 Å². The lowest BCUT2D eigenvalue weighted by atomic mass is 9.98. The van der Waals surface area contributed by atoms with Gasteiger partial charge in [0, 0.05) is 31.4 Å². The second-order valence-corrected chi connectivity index (χ2v) is 10.1. The summed E-state index contributed by atoms with van der Waals surface area (Å²) in [6.07, 6.45) is 1.99. The van der Waals surface area contributed by atoms with Gasteiger partial charge < -0.3 is 20.5 Å². The van der Waals surface area contributed by atoms with Gasteiger partial charge in [-0.05, 0) is 34.9 Å². The van der Waals surface area contributed by atoms with Crippen LogP contribution in [0.4, 0.5) is 4.79 Å². The van der Waals surface area contributed by atoms with Crippen molar-refractivity contribution in [2.75, 3.05) is 20.2 Å². The number of carboxylic acids is 1. The Morgan fingerprint density at radius 2 is 1.50 bits per heavy atom. The number of amides is 2. The van der Waals surface area contributed by atoms with Crippen LogP contribution in [0.25, 0.3) is 11.1 Å². The molecule has 1 unspecified atom stereocenters. The summed E-state index contributed by atoms with van der Waals surface area (Å²) < 4.78 is 5.53. The molecular weight excluding hydrogens is 534 g/mol. The van der Waals surface area contributed by atoms with E-state index in [0.29, 0.717) is 6.54 Å². The fourth-order valence-corrected chi connectivity index (χ4v) is 5.06. The van der Waals surface area contributed by atoms with E-state index in [9.17, 15) is 19.5 Å². The number of aromatic nitrogens is 2. The molecule has 0 aliphatic heterocycles. The summed E-state index contributed by atoms with van der Waals surface area (Å²) >= 11 is 0. The number of fused-ring (bicyclic) bond motifs is 3. The molecule has 3 aromatic carbocycles. The van der Waals surface area contributed by atoms with Crippen molar-refractivity contribution in [2.24, 2.45) is 0 Å². The first-order chi connectivity index (χ1) is 20.4. The first-order valence-electron chi connectivity index (χ1n) is 13.5. The van der Waals surface area contributed by atoms with Crippen LogP contribution in [0, 0.1) is 0 Å². The molecule has 10 heteroatoms. The topological polar surface area (TPSA) is 134 Å². The van der Waals surface area contributed by atoms with Crippen molar-refractivity contribution in [1.29, 1.82) is 0 Å². The van der Waals surface area contributed by atoms with Crippen LogP contribution in [-0.2, 0) is 22.6 Å². The molecule has 0 spiro atoms. The van der Waals surface area contributed by atoms with Crippen molar-refractivity contribution in [3.05, 3.63) is 119 Å². The third-order valence-electron chi connectivity index (χ3n) is 7.10. The molecule has 0 fully saturated rings. The normalized spacial score (nSPS) is 12.7. The van der Waals surface area contributed by atoms with Crippen molar-refractivity contribution in [1.82, 2.24) is 25.5 Å². The number of carbonyl (C=O) groups is 3. The summed E-state index contributed by atoms with van der Waals surface area (Å²) in [6, 6.07) is 24.7. The maximum absolute atomic E-state index is 12.7. The van der Waals surface area contributed by atoms with Crippen molar-refractivity contribution in [3.63, 3.8) is 0 Å². The fourth-order valence-electron chi connectivity index (χ4n) is 5.06. The van der Waals surface area contributed by atoms with Gasteiger partial charge >= 0.3 is 12.1 Å². The molecule has 10 nitrogen and oxygen atoms in total. The smallest absolute Gasteiger partial charge is 0.407 e. The van der Waals surface area contributed by atoms with E-state index in [1.54, 1.807) is 7.05 Å². The maximum Gasteiger partial charge on any atom is 0.407 e. The number of aliphatic carboxylic acids is 1. The average molecular weight is 566 g/mol. The SMILES string of the molecule is CN(Cc1ccccc1)CC(NC(=O)c1cnc(CNC(=O)OCC2c3ccccc3-c3ccccc32)nc1)C(=O)O. The number of carboxylic acid groups (broad SMARTS) is 1. The molecule has 1 aliphatic carbocycles. The molecule has 42 heavy (non-hydrogen) atoms. The van der Waals surface area contributed by atoms with Gasteiger partial charge in [0.05, 0.1) is 12.1 Å². The maximum atomic E-state index is 12.7. The van der Waals surface area contributed by atoms with Gasteiger partial charge in [-0.2, -0.15) is 0 Å². The summed E-state index contributed by atoms with van der Waals surface area (Å²) in [5.41, 5.74) is 5.68. The Balaban J connectivity index is 1.10.